The highest BCUT2D eigenvalue weighted by Crippen LogP contribution is 2.36. The first kappa shape index (κ1) is 24.0. The van der Waals surface area contributed by atoms with Crippen LogP contribution in [0.1, 0.15) is 5.56 Å². The van der Waals surface area contributed by atoms with Crippen molar-refractivity contribution in [3.05, 3.63) is 53.8 Å². The Morgan fingerprint density at radius 1 is 1.09 bits per heavy atom. The number of hydrogen-bond acceptors (Lipinski definition) is 7. The molecule has 0 bridgehead atoms. The van der Waals surface area contributed by atoms with Gasteiger partial charge < -0.3 is 19.5 Å². The number of carbonyl (C=O) groups is 1. The Morgan fingerprint density at radius 2 is 1.79 bits per heavy atom. The van der Waals surface area contributed by atoms with Crippen molar-refractivity contribution in [2.75, 3.05) is 49.2 Å². The molecule has 1 amide bonds. The van der Waals surface area contributed by atoms with E-state index in [2.05, 4.69) is 20.4 Å². The minimum atomic E-state index is -4.53. The summed E-state index contributed by atoms with van der Waals surface area (Å²) in [6, 6.07) is 8.85. The van der Waals surface area contributed by atoms with E-state index in [-0.39, 0.29) is 22.6 Å². The first-order chi connectivity index (χ1) is 16.2. The lowest BCUT2D eigenvalue weighted by Gasteiger charge is -2.35. The molecule has 7 nitrogen and oxygen atoms in total. The predicted octanol–water partition coefficient (Wildman–Crippen LogP) is 4.38. The van der Waals surface area contributed by atoms with Gasteiger partial charge in [0.25, 0.3) is 5.22 Å². The summed E-state index contributed by atoms with van der Waals surface area (Å²) in [4.78, 5) is 16.7. The van der Waals surface area contributed by atoms with Crippen LogP contribution in [-0.2, 0) is 11.0 Å². The standard InChI is InChI=1S/C22H21F4N5O2S/c1-30-8-10-31(11-9-30)18-7-4-15(22(24,25)26)12-17(18)27-19(32)13-34-21-29-28-20(33-21)14-2-5-16(23)6-3-14/h2-7,12H,8-11,13H2,1H3,(H,27,32). The molecular formula is C22H21F4N5O2S. The summed E-state index contributed by atoms with van der Waals surface area (Å²) in [6.07, 6.45) is -4.53. The zero-order valence-corrected chi connectivity index (χ0v) is 18.9. The summed E-state index contributed by atoms with van der Waals surface area (Å²) in [7, 11) is 1.98. The minimum absolute atomic E-state index is 0.0995. The second kappa shape index (κ2) is 10.0. The Bertz CT molecular complexity index is 1140. The van der Waals surface area contributed by atoms with E-state index in [9.17, 15) is 22.4 Å². The Morgan fingerprint density at radius 3 is 2.47 bits per heavy atom. The van der Waals surface area contributed by atoms with Crippen LogP contribution >= 0.6 is 11.8 Å². The molecule has 1 saturated heterocycles. The van der Waals surface area contributed by atoms with E-state index < -0.39 is 23.5 Å². The van der Waals surface area contributed by atoms with Crippen LogP contribution in [0, 0.1) is 5.82 Å². The van der Waals surface area contributed by atoms with Gasteiger partial charge in [0.05, 0.1) is 22.7 Å². The summed E-state index contributed by atoms with van der Waals surface area (Å²) in [5.41, 5.74) is 0.318. The van der Waals surface area contributed by atoms with Gasteiger partial charge in [0.15, 0.2) is 0 Å². The summed E-state index contributed by atoms with van der Waals surface area (Å²) < 4.78 is 58.4. The number of carbonyl (C=O) groups excluding carboxylic acids is 1. The molecule has 0 radical (unpaired) electrons. The van der Waals surface area contributed by atoms with Gasteiger partial charge in [-0.05, 0) is 49.5 Å². The molecule has 2 heterocycles. The Hall–Kier alpha value is -3.12. The molecule has 0 saturated carbocycles. The minimum Gasteiger partial charge on any atom is -0.411 e. The normalized spacial score (nSPS) is 14.9. The van der Waals surface area contributed by atoms with Crippen LogP contribution in [0.15, 0.2) is 52.1 Å². The lowest BCUT2D eigenvalue weighted by atomic mass is 10.1. The number of amides is 1. The first-order valence-electron chi connectivity index (χ1n) is 10.4. The Balaban J connectivity index is 1.45. The molecule has 1 fully saturated rings. The van der Waals surface area contributed by atoms with Crippen molar-refractivity contribution >= 4 is 29.0 Å². The fourth-order valence-corrected chi connectivity index (χ4v) is 3.99. The largest absolute Gasteiger partial charge is 0.416 e. The highest BCUT2D eigenvalue weighted by atomic mass is 32.2. The number of anilines is 2. The van der Waals surface area contributed by atoms with E-state index in [0.717, 1.165) is 37.0 Å². The molecule has 0 unspecified atom stereocenters. The fourth-order valence-electron chi connectivity index (χ4n) is 3.43. The number of piperazine rings is 1. The number of thioether (sulfide) groups is 1. The number of halogens is 4. The number of hydrogen-bond donors (Lipinski definition) is 1. The monoisotopic (exact) mass is 495 g/mol. The Labute approximate surface area is 197 Å². The number of alkyl halides is 3. The van der Waals surface area contributed by atoms with Crippen LogP contribution in [0.3, 0.4) is 0 Å². The van der Waals surface area contributed by atoms with Gasteiger partial charge in [-0.2, -0.15) is 13.2 Å². The number of likely N-dealkylation sites (N-methyl/N-ethyl adjacent to an activating group) is 1. The molecule has 1 N–H and O–H groups in total. The fraction of sp³-hybridized carbons (Fsp3) is 0.318. The lowest BCUT2D eigenvalue weighted by molar-refractivity contribution is -0.137. The summed E-state index contributed by atoms with van der Waals surface area (Å²) in [6.45, 7) is 2.79. The highest BCUT2D eigenvalue weighted by molar-refractivity contribution is 7.99. The maximum Gasteiger partial charge on any atom is 0.416 e. The van der Waals surface area contributed by atoms with Crippen molar-refractivity contribution in [2.24, 2.45) is 0 Å². The van der Waals surface area contributed by atoms with Gasteiger partial charge in [0.2, 0.25) is 11.8 Å². The van der Waals surface area contributed by atoms with E-state index >= 15 is 0 Å². The maximum atomic E-state index is 13.3. The number of nitrogens with zero attached hydrogens (tertiary/aromatic N) is 4. The van der Waals surface area contributed by atoms with Crippen LogP contribution in [0.5, 0.6) is 0 Å². The topological polar surface area (TPSA) is 74.5 Å². The molecule has 0 aliphatic carbocycles. The van der Waals surface area contributed by atoms with Crippen molar-refractivity contribution in [3.63, 3.8) is 0 Å². The van der Waals surface area contributed by atoms with Crippen LogP contribution in [-0.4, -0.2) is 60.0 Å². The molecule has 1 aliphatic rings. The quantitative estimate of drug-likeness (QED) is 0.402. The van der Waals surface area contributed by atoms with E-state index in [1.165, 1.54) is 30.3 Å². The van der Waals surface area contributed by atoms with Crippen LogP contribution in [0.25, 0.3) is 11.5 Å². The molecule has 4 rings (SSSR count). The van der Waals surface area contributed by atoms with Crippen molar-refractivity contribution in [1.82, 2.24) is 15.1 Å². The predicted molar refractivity (Wildman–Crippen MR) is 120 cm³/mol. The second-order valence-corrected chi connectivity index (χ2v) is 8.66. The van der Waals surface area contributed by atoms with Crippen LogP contribution in [0.4, 0.5) is 28.9 Å². The van der Waals surface area contributed by atoms with Gasteiger partial charge in [0.1, 0.15) is 5.82 Å². The van der Waals surface area contributed by atoms with Crippen molar-refractivity contribution in [2.45, 2.75) is 11.4 Å². The zero-order valence-electron chi connectivity index (χ0n) is 18.1. The molecule has 12 heteroatoms. The first-order valence-corrected chi connectivity index (χ1v) is 11.3. The molecule has 34 heavy (non-hydrogen) atoms. The average Bonchev–Trinajstić information content (AvgIpc) is 3.27. The lowest BCUT2D eigenvalue weighted by Crippen LogP contribution is -2.44. The van der Waals surface area contributed by atoms with E-state index in [1.54, 1.807) is 0 Å². The molecule has 2 aromatic carbocycles. The highest BCUT2D eigenvalue weighted by Gasteiger charge is 2.32. The van der Waals surface area contributed by atoms with Gasteiger partial charge in [-0.1, -0.05) is 11.8 Å². The molecule has 3 aromatic rings. The molecule has 1 aliphatic heterocycles. The number of nitrogens with one attached hydrogen (secondary N) is 1. The van der Waals surface area contributed by atoms with Crippen LogP contribution < -0.4 is 10.2 Å². The number of rotatable bonds is 6. The van der Waals surface area contributed by atoms with Gasteiger partial charge in [-0.3, -0.25) is 4.79 Å². The average molecular weight is 496 g/mol. The summed E-state index contributed by atoms with van der Waals surface area (Å²) >= 11 is 0.949. The Kier molecular flexibility index (Phi) is 7.08. The van der Waals surface area contributed by atoms with Gasteiger partial charge in [-0.15, -0.1) is 10.2 Å². The van der Waals surface area contributed by atoms with Gasteiger partial charge in [-0.25, -0.2) is 4.39 Å². The summed E-state index contributed by atoms with van der Waals surface area (Å²) in [5, 5.41) is 10.4. The van der Waals surface area contributed by atoms with Crippen molar-refractivity contribution in [1.29, 1.82) is 0 Å². The van der Waals surface area contributed by atoms with Crippen molar-refractivity contribution in [3.8, 4) is 11.5 Å². The SMILES string of the molecule is CN1CCN(c2ccc(C(F)(F)F)cc2NC(=O)CSc2nnc(-c3ccc(F)cc3)o2)CC1. The van der Waals surface area contributed by atoms with E-state index in [1.807, 2.05) is 11.9 Å². The second-order valence-electron chi connectivity index (χ2n) is 7.74. The molecule has 1 aromatic heterocycles. The van der Waals surface area contributed by atoms with Gasteiger partial charge >= 0.3 is 6.18 Å². The maximum absolute atomic E-state index is 13.3. The zero-order chi connectivity index (χ0) is 24.3. The molecule has 0 atom stereocenters. The van der Waals surface area contributed by atoms with E-state index in [0.29, 0.717) is 24.3 Å². The van der Waals surface area contributed by atoms with Crippen LogP contribution in [0.2, 0.25) is 0 Å². The molecular weight excluding hydrogens is 474 g/mol. The molecule has 180 valence electrons. The third kappa shape index (κ3) is 5.86. The van der Waals surface area contributed by atoms with E-state index in [4.69, 9.17) is 4.42 Å². The smallest absolute Gasteiger partial charge is 0.411 e. The molecule has 0 spiro atoms. The number of benzene rings is 2. The third-order valence-electron chi connectivity index (χ3n) is 5.27. The van der Waals surface area contributed by atoms with Crippen molar-refractivity contribution < 1.29 is 26.8 Å². The van der Waals surface area contributed by atoms with Gasteiger partial charge in [0, 0.05) is 31.7 Å². The summed E-state index contributed by atoms with van der Waals surface area (Å²) in [5.74, 6) is -0.900. The third-order valence-corrected chi connectivity index (χ3v) is 6.08. The number of aromatic nitrogens is 2.